The second kappa shape index (κ2) is 2.97. The molecule has 0 atom stereocenters. The molecular formula is C11H13N3O. The molecule has 0 bridgehead atoms. The quantitative estimate of drug-likeness (QED) is 0.743. The molecule has 4 nitrogen and oxygen atoms in total. The normalized spacial score (nSPS) is 17.1. The summed E-state index contributed by atoms with van der Waals surface area (Å²) in [7, 11) is 1.99. The molecule has 1 N–H and O–H groups in total. The molecule has 0 unspecified atom stereocenters. The molecule has 1 aliphatic rings. The zero-order chi connectivity index (χ0) is 10.4. The van der Waals surface area contributed by atoms with Gasteiger partial charge in [-0.1, -0.05) is 6.07 Å². The van der Waals surface area contributed by atoms with Gasteiger partial charge in [-0.25, -0.2) is 4.98 Å². The highest BCUT2D eigenvalue weighted by Crippen LogP contribution is 2.28. The summed E-state index contributed by atoms with van der Waals surface area (Å²) in [5, 5.41) is 9.29. The van der Waals surface area contributed by atoms with Crippen molar-refractivity contribution >= 4 is 16.7 Å². The van der Waals surface area contributed by atoms with Gasteiger partial charge < -0.3 is 14.6 Å². The lowest BCUT2D eigenvalue weighted by atomic mass is 10.1. The van der Waals surface area contributed by atoms with Gasteiger partial charge in [-0.2, -0.15) is 0 Å². The number of imidazole rings is 1. The number of aliphatic hydroxyl groups excluding tert-OH is 1. The molecule has 2 aromatic rings. The van der Waals surface area contributed by atoms with Gasteiger partial charge in [0.1, 0.15) is 5.52 Å². The van der Waals surface area contributed by atoms with E-state index in [1.165, 1.54) is 0 Å². The van der Waals surface area contributed by atoms with Crippen LogP contribution in [0.5, 0.6) is 0 Å². The highest BCUT2D eigenvalue weighted by molar-refractivity contribution is 5.89. The molecule has 78 valence electrons. The summed E-state index contributed by atoms with van der Waals surface area (Å²) in [6.45, 7) is 1.44. The number of aliphatic hydroxyl groups is 1. The first-order valence-electron chi connectivity index (χ1n) is 5.09. The molecule has 0 spiro atoms. The highest BCUT2D eigenvalue weighted by atomic mass is 16.3. The molecule has 0 radical (unpaired) electrons. The summed E-state index contributed by atoms with van der Waals surface area (Å²) < 4.78 is 2.01. The molecule has 1 aliphatic heterocycles. The molecule has 3 rings (SSSR count). The summed E-state index contributed by atoms with van der Waals surface area (Å²) in [5.74, 6) is 0. The number of fused-ring (bicyclic) bond motifs is 1. The Morgan fingerprint density at radius 3 is 2.93 bits per heavy atom. The van der Waals surface area contributed by atoms with E-state index in [1.807, 2.05) is 24.0 Å². The largest absolute Gasteiger partial charge is 0.389 e. The average Bonchev–Trinajstić information content (AvgIpc) is 2.56. The van der Waals surface area contributed by atoms with Crippen molar-refractivity contribution in [2.45, 2.75) is 6.10 Å². The van der Waals surface area contributed by atoms with Crippen molar-refractivity contribution in [1.29, 1.82) is 0 Å². The van der Waals surface area contributed by atoms with Crippen LogP contribution < -0.4 is 4.90 Å². The van der Waals surface area contributed by atoms with Gasteiger partial charge in [0.05, 0.1) is 23.6 Å². The van der Waals surface area contributed by atoms with Crippen LogP contribution in [0.1, 0.15) is 0 Å². The monoisotopic (exact) mass is 203 g/mol. The zero-order valence-electron chi connectivity index (χ0n) is 8.59. The first-order chi connectivity index (χ1) is 7.25. The van der Waals surface area contributed by atoms with Gasteiger partial charge in [-0.3, -0.25) is 0 Å². The number of para-hydroxylation sites is 1. The molecule has 0 aliphatic carbocycles. The van der Waals surface area contributed by atoms with Crippen molar-refractivity contribution in [3.05, 3.63) is 24.5 Å². The van der Waals surface area contributed by atoms with Crippen molar-refractivity contribution in [3.63, 3.8) is 0 Å². The molecule has 0 amide bonds. The van der Waals surface area contributed by atoms with E-state index in [2.05, 4.69) is 22.0 Å². The third-order valence-corrected chi connectivity index (χ3v) is 2.94. The Labute approximate surface area is 87.8 Å². The van der Waals surface area contributed by atoms with Gasteiger partial charge in [0.25, 0.3) is 0 Å². The molecule has 1 aromatic carbocycles. The summed E-state index contributed by atoms with van der Waals surface area (Å²) in [4.78, 5) is 6.54. The SMILES string of the molecule is Cn1cnc2c(N3CC(O)C3)cccc21. The highest BCUT2D eigenvalue weighted by Gasteiger charge is 2.26. The molecule has 2 heterocycles. The third kappa shape index (κ3) is 1.22. The summed E-state index contributed by atoms with van der Waals surface area (Å²) in [6, 6.07) is 6.15. The number of nitrogens with zero attached hydrogens (tertiary/aromatic N) is 3. The number of anilines is 1. The third-order valence-electron chi connectivity index (χ3n) is 2.94. The van der Waals surface area contributed by atoms with Gasteiger partial charge in [-0.15, -0.1) is 0 Å². The first-order valence-corrected chi connectivity index (χ1v) is 5.09. The van der Waals surface area contributed by atoms with E-state index in [1.54, 1.807) is 0 Å². The number of aryl methyl sites for hydroxylation is 1. The number of β-amino-alcohol motifs (C(OH)–C–C–N with tert-alkyl or cyclic N) is 1. The van der Waals surface area contributed by atoms with Gasteiger partial charge in [-0.05, 0) is 12.1 Å². The number of hydrogen-bond donors (Lipinski definition) is 1. The smallest absolute Gasteiger partial charge is 0.112 e. The second-order valence-corrected chi connectivity index (χ2v) is 4.06. The van der Waals surface area contributed by atoms with Crippen LogP contribution in [0.2, 0.25) is 0 Å². The van der Waals surface area contributed by atoms with Crippen LogP contribution in [0.15, 0.2) is 24.5 Å². The number of aromatic nitrogens is 2. The Balaban J connectivity index is 2.10. The molecule has 0 saturated carbocycles. The second-order valence-electron chi connectivity index (χ2n) is 4.06. The van der Waals surface area contributed by atoms with E-state index < -0.39 is 0 Å². The maximum absolute atomic E-state index is 9.29. The summed E-state index contributed by atoms with van der Waals surface area (Å²) in [6.07, 6.45) is 1.65. The van der Waals surface area contributed by atoms with E-state index >= 15 is 0 Å². The maximum atomic E-state index is 9.29. The number of rotatable bonds is 1. The zero-order valence-corrected chi connectivity index (χ0v) is 8.59. The van der Waals surface area contributed by atoms with Crippen LogP contribution >= 0.6 is 0 Å². The molecule has 1 saturated heterocycles. The average molecular weight is 203 g/mol. The van der Waals surface area contributed by atoms with Crippen LogP contribution in [0.25, 0.3) is 11.0 Å². The van der Waals surface area contributed by atoms with Crippen LogP contribution in [0, 0.1) is 0 Å². The summed E-state index contributed by atoms with van der Waals surface area (Å²) >= 11 is 0. The fraction of sp³-hybridized carbons (Fsp3) is 0.364. The molecular weight excluding hydrogens is 190 g/mol. The van der Waals surface area contributed by atoms with E-state index in [9.17, 15) is 5.11 Å². The van der Waals surface area contributed by atoms with Gasteiger partial charge in [0, 0.05) is 20.1 Å². The lowest BCUT2D eigenvalue weighted by Crippen LogP contribution is -2.50. The van der Waals surface area contributed by atoms with Crippen molar-refractivity contribution < 1.29 is 5.11 Å². The van der Waals surface area contributed by atoms with Crippen molar-refractivity contribution in [2.75, 3.05) is 18.0 Å². The predicted octanol–water partition coefficient (Wildman–Crippen LogP) is 0.754. The molecule has 1 aromatic heterocycles. The Hall–Kier alpha value is -1.55. The van der Waals surface area contributed by atoms with Crippen LogP contribution in [-0.4, -0.2) is 33.9 Å². The fourth-order valence-corrected chi connectivity index (χ4v) is 2.05. The first kappa shape index (κ1) is 8.73. The van der Waals surface area contributed by atoms with Gasteiger partial charge >= 0.3 is 0 Å². The lowest BCUT2D eigenvalue weighted by Gasteiger charge is -2.37. The Bertz CT molecular complexity index is 500. The van der Waals surface area contributed by atoms with Crippen LogP contribution in [-0.2, 0) is 7.05 Å². The lowest BCUT2D eigenvalue weighted by molar-refractivity contribution is 0.142. The van der Waals surface area contributed by atoms with E-state index in [0.717, 1.165) is 29.8 Å². The van der Waals surface area contributed by atoms with Gasteiger partial charge in [0.2, 0.25) is 0 Å². The molecule has 15 heavy (non-hydrogen) atoms. The van der Waals surface area contributed by atoms with E-state index in [4.69, 9.17) is 0 Å². The van der Waals surface area contributed by atoms with Crippen molar-refractivity contribution in [3.8, 4) is 0 Å². The van der Waals surface area contributed by atoms with Crippen molar-refractivity contribution in [1.82, 2.24) is 9.55 Å². The van der Waals surface area contributed by atoms with Crippen LogP contribution in [0.4, 0.5) is 5.69 Å². The Morgan fingerprint density at radius 2 is 2.20 bits per heavy atom. The minimum Gasteiger partial charge on any atom is -0.389 e. The topological polar surface area (TPSA) is 41.3 Å². The predicted molar refractivity (Wildman–Crippen MR) is 58.9 cm³/mol. The Morgan fingerprint density at radius 1 is 1.40 bits per heavy atom. The summed E-state index contributed by atoms with van der Waals surface area (Å²) in [5.41, 5.74) is 3.28. The minimum absolute atomic E-state index is 0.177. The number of hydrogen-bond acceptors (Lipinski definition) is 3. The Kier molecular flexibility index (Phi) is 1.73. The fourth-order valence-electron chi connectivity index (χ4n) is 2.05. The number of benzene rings is 1. The van der Waals surface area contributed by atoms with Crippen molar-refractivity contribution in [2.24, 2.45) is 7.05 Å². The van der Waals surface area contributed by atoms with Gasteiger partial charge in [0.15, 0.2) is 0 Å². The minimum atomic E-state index is -0.177. The van der Waals surface area contributed by atoms with Crippen LogP contribution in [0.3, 0.4) is 0 Å². The molecule has 4 heteroatoms. The van der Waals surface area contributed by atoms with E-state index in [-0.39, 0.29) is 6.10 Å². The maximum Gasteiger partial charge on any atom is 0.112 e. The van der Waals surface area contributed by atoms with E-state index in [0.29, 0.717) is 0 Å². The standard InChI is InChI=1S/C11H13N3O/c1-13-7-12-11-9(13)3-2-4-10(11)14-5-8(15)6-14/h2-4,7-8,15H,5-6H2,1H3. The molecule has 1 fully saturated rings.